The minimum atomic E-state index is -0.205. The monoisotopic (exact) mass is 360 g/mol. The molecule has 0 saturated carbocycles. The Labute approximate surface area is 152 Å². The van der Waals surface area contributed by atoms with Crippen LogP contribution >= 0.6 is 12.2 Å². The average Bonchev–Trinajstić information content (AvgIpc) is 2.55. The molecule has 1 atom stereocenters. The van der Waals surface area contributed by atoms with Gasteiger partial charge < -0.3 is 20.5 Å². The molecule has 0 aromatic rings. The highest BCUT2D eigenvalue weighted by molar-refractivity contribution is 7.80. The first-order chi connectivity index (χ1) is 11.5. The van der Waals surface area contributed by atoms with Gasteiger partial charge in [-0.3, -0.25) is 4.79 Å². The number of esters is 1. The Kier molecular flexibility index (Phi) is 15.1. The van der Waals surface area contributed by atoms with Crippen LogP contribution in [0.1, 0.15) is 77.6 Å². The number of carbonyl (C=O) groups is 1. The van der Waals surface area contributed by atoms with E-state index in [9.17, 15) is 9.90 Å². The van der Waals surface area contributed by atoms with Crippen molar-refractivity contribution in [2.45, 2.75) is 83.7 Å². The minimum absolute atomic E-state index is 0.141. The van der Waals surface area contributed by atoms with Crippen LogP contribution in [0.3, 0.4) is 0 Å². The molecule has 0 aromatic carbocycles. The molecule has 1 unspecified atom stereocenters. The summed E-state index contributed by atoms with van der Waals surface area (Å²) >= 11 is 5.11. The van der Waals surface area contributed by atoms with Crippen molar-refractivity contribution in [3.05, 3.63) is 0 Å². The van der Waals surface area contributed by atoms with Crippen LogP contribution in [0.4, 0.5) is 0 Å². The van der Waals surface area contributed by atoms with Gasteiger partial charge in [-0.15, -0.1) is 0 Å². The Hall–Kier alpha value is -0.880. The van der Waals surface area contributed by atoms with Crippen LogP contribution in [-0.4, -0.2) is 47.4 Å². The molecule has 0 aromatic heterocycles. The van der Waals surface area contributed by atoms with Gasteiger partial charge in [0.2, 0.25) is 0 Å². The molecule has 0 saturated heterocycles. The third-order valence-corrected chi connectivity index (χ3v) is 4.46. The molecule has 0 aliphatic heterocycles. The first kappa shape index (κ1) is 23.1. The molecule has 5 nitrogen and oxygen atoms in total. The maximum absolute atomic E-state index is 11.0. The third-order valence-electron chi connectivity index (χ3n) is 4.20. The van der Waals surface area contributed by atoms with Crippen LogP contribution in [-0.2, 0) is 9.53 Å². The number of carbonyl (C=O) groups excluding carboxylic acids is 1. The number of ether oxygens (including phenoxy) is 1. The van der Waals surface area contributed by atoms with Gasteiger partial charge in [0.05, 0.1) is 13.2 Å². The van der Waals surface area contributed by atoms with Crippen LogP contribution in [0, 0.1) is 0 Å². The van der Waals surface area contributed by atoms with Gasteiger partial charge in [0.1, 0.15) is 0 Å². The van der Waals surface area contributed by atoms with Crippen LogP contribution in [0.2, 0.25) is 0 Å². The number of methoxy groups -OCH3 is 1. The number of aliphatic hydroxyl groups excluding tert-OH is 1. The van der Waals surface area contributed by atoms with Gasteiger partial charge in [0, 0.05) is 19.5 Å². The van der Waals surface area contributed by atoms with E-state index in [0.29, 0.717) is 11.5 Å². The predicted octanol–water partition coefficient (Wildman–Crippen LogP) is 3.38. The van der Waals surface area contributed by atoms with Crippen LogP contribution in [0.25, 0.3) is 0 Å². The van der Waals surface area contributed by atoms with Crippen LogP contribution < -0.4 is 5.73 Å². The first-order valence-electron chi connectivity index (χ1n) is 9.30. The van der Waals surface area contributed by atoms with E-state index < -0.39 is 0 Å². The van der Waals surface area contributed by atoms with Gasteiger partial charge in [-0.2, -0.15) is 0 Å². The van der Waals surface area contributed by atoms with E-state index >= 15 is 0 Å². The second-order valence-electron chi connectivity index (χ2n) is 6.36. The van der Waals surface area contributed by atoms with Crippen LogP contribution in [0.5, 0.6) is 0 Å². The van der Waals surface area contributed by atoms with E-state index in [1.54, 1.807) is 0 Å². The fourth-order valence-corrected chi connectivity index (χ4v) is 2.83. The van der Waals surface area contributed by atoms with Crippen LogP contribution in [0.15, 0.2) is 0 Å². The Morgan fingerprint density at radius 3 is 2.33 bits per heavy atom. The summed E-state index contributed by atoms with van der Waals surface area (Å²) in [5.41, 5.74) is 5.78. The van der Waals surface area contributed by atoms with Crippen molar-refractivity contribution in [3.8, 4) is 0 Å². The molecule has 0 radical (unpaired) electrons. The summed E-state index contributed by atoms with van der Waals surface area (Å²) in [5, 5.41) is 10.4. The number of nitrogens with zero attached hydrogens (tertiary/aromatic N) is 1. The first-order valence-corrected chi connectivity index (χ1v) is 9.71. The second kappa shape index (κ2) is 15.6. The fraction of sp³-hybridized carbons (Fsp3) is 0.889. The maximum Gasteiger partial charge on any atom is 0.305 e. The summed E-state index contributed by atoms with van der Waals surface area (Å²) in [7, 11) is 1.42. The molecule has 0 aliphatic carbocycles. The second-order valence-corrected chi connectivity index (χ2v) is 6.78. The summed E-state index contributed by atoms with van der Waals surface area (Å²) in [5.74, 6) is -0.141. The number of hydrogen-bond acceptors (Lipinski definition) is 4. The Balaban J connectivity index is 3.74. The van der Waals surface area contributed by atoms with Crippen molar-refractivity contribution in [1.29, 1.82) is 0 Å². The molecule has 0 spiro atoms. The molecule has 142 valence electrons. The van der Waals surface area contributed by atoms with Gasteiger partial charge in [-0.05, 0) is 44.3 Å². The lowest BCUT2D eigenvalue weighted by atomic mass is 10.1. The SMILES string of the molecule is CCCCCC(O)CCCN(CCCCCCC(=O)OC)C(N)=S. The highest BCUT2D eigenvalue weighted by Crippen LogP contribution is 2.10. The third kappa shape index (κ3) is 13.5. The molecule has 0 bridgehead atoms. The summed E-state index contributed by atoms with van der Waals surface area (Å²) in [6.07, 6.45) is 10.3. The van der Waals surface area contributed by atoms with Crippen molar-refractivity contribution in [2.75, 3.05) is 20.2 Å². The molecule has 0 heterocycles. The fourth-order valence-electron chi connectivity index (χ4n) is 2.65. The minimum Gasteiger partial charge on any atom is -0.469 e. The zero-order chi connectivity index (χ0) is 18.2. The van der Waals surface area contributed by atoms with Crippen molar-refractivity contribution < 1.29 is 14.6 Å². The van der Waals surface area contributed by atoms with Gasteiger partial charge >= 0.3 is 5.97 Å². The summed E-state index contributed by atoms with van der Waals surface area (Å²) < 4.78 is 4.62. The van der Waals surface area contributed by atoms with Crippen molar-refractivity contribution in [2.24, 2.45) is 5.73 Å². The Morgan fingerprint density at radius 1 is 1.08 bits per heavy atom. The zero-order valence-corrected chi connectivity index (χ0v) is 16.3. The molecular formula is C18H36N2O3S. The zero-order valence-electron chi connectivity index (χ0n) is 15.5. The maximum atomic E-state index is 11.0. The van der Waals surface area contributed by atoms with Gasteiger partial charge in [-0.25, -0.2) is 0 Å². The van der Waals surface area contributed by atoms with Gasteiger partial charge in [0.25, 0.3) is 0 Å². The molecule has 0 amide bonds. The largest absolute Gasteiger partial charge is 0.469 e. The van der Waals surface area contributed by atoms with E-state index in [4.69, 9.17) is 18.0 Å². The van der Waals surface area contributed by atoms with E-state index in [0.717, 1.165) is 64.5 Å². The molecule has 0 fully saturated rings. The molecule has 3 N–H and O–H groups in total. The highest BCUT2D eigenvalue weighted by Gasteiger charge is 2.09. The number of unbranched alkanes of at least 4 members (excludes halogenated alkanes) is 5. The Bertz CT molecular complexity index is 340. The molecule has 0 aliphatic rings. The number of hydrogen-bond donors (Lipinski definition) is 2. The average molecular weight is 361 g/mol. The quantitative estimate of drug-likeness (QED) is 0.265. The number of aliphatic hydroxyl groups is 1. The predicted molar refractivity (Wildman–Crippen MR) is 103 cm³/mol. The van der Waals surface area contributed by atoms with E-state index in [2.05, 4.69) is 11.7 Å². The lowest BCUT2D eigenvalue weighted by Gasteiger charge is -2.23. The number of nitrogens with two attached hydrogens (primary N) is 1. The molecular weight excluding hydrogens is 324 g/mol. The number of rotatable bonds is 15. The van der Waals surface area contributed by atoms with Gasteiger partial charge in [0.15, 0.2) is 5.11 Å². The summed E-state index contributed by atoms with van der Waals surface area (Å²) in [4.78, 5) is 13.0. The topological polar surface area (TPSA) is 75.8 Å². The Morgan fingerprint density at radius 2 is 1.71 bits per heavy atom. The van der Waals surface area contributed by atoms with Crippen molar-refractivity contribution in [1.82, 2.24) is 4.90 Å². The lowest BCUT2D eigenvalue weighted by Crippen LogP contribution is -2.37. The lowest BCUT2D eigenvalue weighted by molar-refractivity contribution is -0.140. The standard InChI is InChI=1S/C18H36N2O3S/c1-3-4-7-11-16(21)12-10-15-20(18(19)24)14-9-6-5-8-13-17(22)23-2/h16,21H,3-15H2,1-2H3,(H2,19,24). The van der Waals surface area contributed by atoms with E-state index in [1.807, 2.05) is 4.90 Å². The smallest absolute Gasteiger partial charge is 0.305 e. The highest BCUT2D eigenvalue weighted by atomic mass is 32.1. The van der Waals surface area contributed by atoms with Crippen molar-refractivity contribution in [3.63, 3.8) is 0 Å². The molecule has 0 rings (SSSR count). The van der Waals surface area contributed by atoms with Crippen molar-refractivity contribution >= 4 is 23.3 Å². The normalized spacial score (nSPS) is 12.0. The number of thiocarbonyl (C=S) groups is 1. The van der Waals surface area contributed by atoms with E-state index in [-0.39, 0.29) is 12.1 Å². The molecule has 24 heavy (non-hydrogen) atoms. The van der Waals surface area contributed by atoms with E-state index in [1.165, 1.54) is 20.0 Å². The molecule has 6 heteroatoms. The summed E-state index contributed by atoms with van der Waals surface area (Å²) in [6, 6.07) is 0. The summed E-state index contributed by atoms with van der Waals surface area (Å²) in [6.45, 7) is 3.82. The van der Waals surface area contributed by atoms with Gasteiger partial charge in [-0.1, -0.05) is 39.0 Å².